The number of nitrogens with one attached hydrogen (secondary N) is 1. The molecule has 0 saturated heterocycles. The highest BCUT2D eigenvalue weighted by molar-refractivity contribution is 9.11. The van der Waals surface area contributed by atoms with Gasteiger partial charge in [-0.25, -0.2) is 9.97 Å². The summed E-state index contributed by atoms with van der Waals surface area (Å²) in [6.45, 7) is 2.97. The van der Waals surface area contributed by atoms with Crippen molar-refractivity contribution in [2.24, 2.45) is 0 Å². The molecule has 0 fully saturated rings. The lowest BCUT2D eigenvalue weighted by atomic mass is 10.3. The summed E-state index contributed by atoms with van der Waals surface area (Å²) in [5, 5.41) is 3.25. The van der Waals surface area contributed by atoms with Crippen LogP contribution in [0.25, 0.3) is 11.5 Å². The molecule has 100 valence electrons. The van der Waals surface area contributed by atoms with Gasteiger partial charge in [-0.15, -0.1) is 0 Å². The summed E-state index contributed by atoms with van der Waals surface area (Å²) in [4.78, 5) is 13.1. The third kappa shape index (κ3) is 3.73. The molecule has 19 heavy (non-hydrogen) atoms. The summed E-state index contributed by atoms with van der Waals surface area (Å²) < 4.78 is 2.60. The van der Waals surface area contributed by atoms with Crippen molar-refractivity contribution in [1.29, 1.82) is 0 Å². The Morgan fingerprint density at radius 2 is 1.89 bits per heavy atom. The molecule has 0 radical (unpaired) electrons. The standard InChI is InChI=1S/C12H11Br3N4/c1-2-3-16-11-9(15)6-18-12(19-11)10-8(14)4-7(13)5-17-10/h4-6H,2-3H2,1H3,(H,16,18,19). The molecule has 1 N–H and O–H groups in total. The fourth-order valence-electron chi connectivity index (χ4n) is 1.43. The Balaban J connectivity index is 2.39. The fraction of sp³-hybridized carbons (Fsp3) is 0.250. The molecular weight excluding hydrogens is 440 g/mol. The second kappa shape index (κ2) is 6.76. The summed E-state index contributed by atoms with van der Waals surface area (Å²) in [5.41, 5.74) is 0.718. The molecule has 0 spiro atoms. The van der Waals surface area contributed by atoms with Crippen LogP contribution in [0.4, 0.5) is 5.82 Å². The Bertz CT molecular complexity index is 589. The molecule has 0 amide bonds. The lowest BCUT2D eigenvalue weighted by Crippen LogP contribution is -2.05. The van der Waals surface area contributed by atoms with Crippen LogP contribution < -0.4 is 5.32 Å². The first-order valence-electron chi connectivity index (χ1n) is 5.69. The summed E-state index contributed by atoms with van der Waals surface area (Å²) in [6, 6.07) is 1.92. The quantitative estimate of drug-likeness (QED) is 0.736. The van der Waals surface area contributed by atoms with E-state index in [-0.39, 0.29) is 0 Å². The van der Waals surface area contributed by atoms with Gasteiger partial charge in [0.2, 0.25) is 0 Å². The van der Waals surface area contributed by atoms with Crippen molar-refractivity contribution in [2.75, 3.05) is 11.9 Å². The SMILES string of the molecule is CCCNc1nc(-c2ncc(Br)cc2Br)ncc1Br. The number of aromatic nitrogens is 3. The van der Waals surface area contributed by atoms with Gasteiger partial charge in [-0.2, -0.15) is 0 Å². The topological polar surface area (TPSA) is 50.7 Å². The highest BCUT2D eigenvalue weighted by atomic mass is 79.9. The van der Waals surface area contributed by atoms with Crippen LogP contribution in [0.5, 0.6) is 0 Å². The molecule has 0 atom stereocenters. The summed E-state index contributed by atoms with van der Waals surface area (Å²) in [5.74, 6) is 1.37. The van der Waals surface area contributed by atoms with Crippen molar-refractivity contribution >= 4 is 53.6 Å². The summed E-state index contributed by atoms with van der Waals surface area (Å²) in [6.07, 6.45) is 4.49. The van der Waals surface area contributed by atoms with E-state index in [2.05, 4.69) is 75.0 Å². The van der Waals surface area contributed by atoms with Crippen molar-refractivity contribution in [2.45, 2.75) is 13.3 Å². The van der Waals surface area contributed by atoms with Crippen LogP contribution in [0.2, 0.25) is 0 Å². The minimum Gasteiger partial charge on any atom is -0.369 e. The van der Waals surface area contributed by atoms with Crippen LogP contribution >= 0.6 is 47.8 Å². The van der Waals surface area contributed by atoms with Crippen molar-refractivity contribution in [1.82, 2.24) is 15.0 Å². The van der Waals surface area contributed by atoms with Gasteiger partial charge in [-0.05, 0) is 60.3 Å². The Hall–Kier alpha value is -0.530. The maximum absolute atomic E-state index is 4.49. The lowest BCUT2D eigenvalue weighted by molar-refractivity contribution is 0.962. The highest BCUT2D eigenvalue weighted by Gasteiger charge is 2.11. The summed E-state index contributed by atoms with van der Waals surface area (Å²) >= 11 is 10.3. The van der Waals surface area contributed by atoms with Crippen molar-refractivity contribution in [3.8, 4) is 11.5 Å². The van der Waals surface area contributed by atoms with E-state index < -0.39 is 0 Å². The van der Waals surface area contributed by atoms with Gasteiger partial charge in [-0.3, -0.25) is 4.98 Å². The first kappa shape index (κ1) is 14.9. The van der Waals surface area contributed by atoms with Gasteiger partial charge in [0.25, 0.3) is 0 Å². The molecule has 0 unspecified atom stereocenters. The molecule has 0 bridgehead atoms. The van der Waals surface area contributed by atoms with Gasteiger partial charge in [0, 0.05) is 27.9 Å². The first-order chi connectivity index (χ1) is 9.11. The van der Waals surface area contributed by atoms with E-state index in [0.29, 0.717) is 5.82 Å². The zero-order chi connectivity index (χ0) is 13.8. The number of halogens is 3. The Morgan fingerprint density at radius 1 is 1.11 bits per heavy atom. The average molecular weight is 451 g/mol. The number of pyridine rings is 1. The van der Waals surface area contributed by atoms with Gasteiger partial charge in [0.05, 0.1) is 4.47 Å². The smallest absolute Gasteiger partial charge is 0.181 e. The van der Waals surface area contributed by atoms with Crippen molar-refractivity contribution < 1.29 is 0 Å². The van der Waals surface area contributed by atoms with Crippen LogP contribution in [0.15, 0.2) is 31.9 Å². The number of hydrogen-bond donors (Lipinski definition) is 1. The van der Waals surface area contributed by atoms with E-state index in [1.807, 2.05) is 6.07 Å². The second-order valence-electron chi connectivity index (χ2n) is 3.80. The molecule has 2 aromatic heterocycles. The minimum absolute atomic E-state index is 0.584. The molecular formula is C12H11Br3N4. The Labute approximate surface area is 136 Å². The third-order valence-electron chi connectivity index (χ3n) is 2.31. The van der Waals surface area contributed by atoms with Crippen molar-refractivity contribution in [3.05, 3.63) is 31.9 Å². The van der Waals surface area contributed by atoms with E-state index in [4.69, 9.17) is 0 Å². The number of rotatable bonds is 4. The molecule has 0 aliphatic rings. The van der Waals surface area contributed by atoms with Gasteiger partial charge in [-0.1, -0.05) is 6.92 Å². The normalized spacial score (nSPS) is 10.5. The molecule has 0 aliphatic heterocycles. The zero-order valence-electron chi connectivity index (χ0n) is 10.1. The van der Waals surface area contributed by atoms with Crippen LogP contribution in [0.3, 0.4) is 0 Å². The molecule has 2 heterocycles. The predicted octanol–water partition coefficient (Wildman–Crippen LogP) is 4.65. The average Bonchev–Trinajstić information content (AvgIpc) is 2.38. The second-order valence-corrected chi connectivity index (χ2v) is 6.43. The Kier molecular flexibility index (Phi) is 5.29. The Morgan fingerprint density at radius 3 is 2.58 bits per heavy atom. The van der Waals surface area contributed by atoms with Crippen LogP contribution in [0, 0.1) is 0 Å². The van der Waals surface area contributed by atoms with E-state index in [9.17, 15) is 0 Å². The number of anilines is 1. The van der Waals surface area contributed by atoms with Crippen LogP contribution in [-0.2, 0) is 0 Å². The van der Waals surface area contributed by atoms with E-state index >= 15 is 0 Å². The molecule has 0 aromatic carbocycles. The molecule has 0 saturated carbocycles. The molecule has 4 nitrogen and oxygen atoms in total. The zero-order valence-corrected chi connectivity index (χ0v) is 14.9. The first-order valence-corrected chi connectivity index (χ1v) is 8.07. The largest absolute Gasteiger partial charge is 0.369 e. The number of hydrogen-bond acceptors (Lipinski definition) is 4. The van der Waals surface area contributed by atoms with Crippen LogP contribution in [-0.4, -0.2) is 21.5 Å². The molecule has 0 aliphatic carbocycles. The number of nitrogens with zero attached hydrogens (tertiary/aromatic N) is 3. The monoisotopic (exact) mass is 448 g/mol. The minimum atomic E-state index is 0.584. The third-order valence-corrected chi connectivity index (χ3v) is 3.92. The highest BCUT2D eigenvalue weighted by Crippen LogP contribution is 2.28. The van der Waals surface area contributed by atoms with Crippen LogP contribution in [0.1, 0.15) is 13.3 Å². The maximum atomic E-state index is 4.49. The van der Waals surface area contributed by atoms with E-state index in [0.717, 1.165) is 37.9 Å². The van der Waals surface area contributed by atoms with Gasteiger partial charge >= 0.3 is 0 Å². The van der Waals surface area contributed by atoms with E-state index in [1.54, 1.807) is 12.4 Å². The summed E-state index contributed by atoms with van der Waals surface area (Å²) in [7, 11) is 0. The molecule has 2 aromatic rings. The van der Waals surface area contributed by atoms with Gasteiger partial charge in [0.15, 0.2) is 5.82 Å². The van der Waals surface area contributed by atoms with Gasteiger partial charge in [0.1, 0.15) is 11.5 Å². The molecule has 2 rings (SSSR count). The fourth-order valence-corrected chi connectivity index (χ4v) is 2.92. The lowest BCUT2D eigenvalue weighted by Gasteiger charge is -2.08. The van der Waals surface area contributed by atoms with Gasteiger partial charge < -0.3 is 5.32 Å². The maximum Gasteiger partial charge on any atom is 0.181 e. The van der Waals surface area contributed by atoms with E-state index in [1.165, 1.54) is 0 Å². The molecule has 7 heteroatoms. The predicted molar refractivity (Wildman–Crippen MR) is 87.1 cm³/mol. The van der Waals surface area contributed by atoms with Crippen molar-refractivity contribution in [3.63, 3.8) is 0 Å².